The van der Waals surface area contributed by atoms with Crippen LogP contribution in [0.15, 0.2) is 48.5 Å². The Labute approximate surface area is 210 Å². The normalized spacial score (nSPS) is 34.7. The van der Waals surface area contributed by atoms with Gasteiger partial charge in [-0.05, 0) is 46.8 Å². The number of ether oxygens (including phenoxy) is 2. The molecule has 2 unspecified atom stereocenters. The van der Waals surface area contributed by atoms with Crippen molar-refractivity contribution in [1.82, 2.24) is 4.90 Å². The molecule has 35 heavy (non-hydrogen) atoms. The summed E-state index contributed by atoms with van der Waals surface area (Å²) >= 11 is 0. The van der Waals surface area contributed by atoms with Crippen LogP contribution in [-0.2, 0) is 22.6 Å². The van der Waals surface area contributed by atoms with Crippen LogP contribution in [0.1, 0.15) is 81.6 Å². The van der Waals surface area contributed by atoms with Crippen LogP contribution in [-0.4, -0.2) is 35.2 Å². The maximum Gasteiger partial charge on any atom is 0.184 e. The van der Waals surface area contributed by atoms with E-state index in [0.29, 0.717) is 23.4 Å². The van der Waals surface area contributed by atoms with Gasteiger partial charge in [-0.3, -0.25) is 4.90 Å². The molecular weight excluding hydrogens is 436 g/mol. The lowest BCUT2D eigenvalue weighted by atomic mass is 9.65. The number of hydrogen-bond donors (Lipinski definition) is 2. The molecule has 1 saturated carbocycles. The van der Waals surface area contributed by atoms with E-state index in [9.17, 15) is 5.11 Å². The first kappa shape index (κ1) is 24.9. The fourth-order valence-electron chi connectivity index (χ4n) is 7.16. The lowest BCUT2D eigenvalue weighted by molar-refractivity contribution is -0.276. The number of nitrogens with zero attached hydrogens (tertiary/aromatic N) is 1. The first-order valence-corrected chi connectivity index (χ1v) is 13.2. The number of nitrogens with two attached hydrogens (primary N) is 1. The Morgan fingerprint density at radius 1 is 0.943 bits per heavy atom. The molecule has 6 atom stereocenters. The topological polar surface area (TPSA) is 68.0 Å². The van der Waals surface area contributed by atoms with E-state index in [1.54, 1.807) is 0 Å². The smallest absolute Gasteiger partial charge is 0.184 e. The predicted molar refractivity (Wildman–Crippen MR) is 138 cm³/mol. The summed E-state index contributed by atoms with van der Waals surface area (Å²) in [5, 5.41) is 9.49. The lowest BCUT2D eigenvalue weighted by Crippen LogP contribution is -2.46. The van der Waals surface area contributed by atoms with Crippen LogP contribution in [0.4, 0.5) is 0 Å². The summed E-state index contributed by atoms with van der Waals surface area (Å²) < 4.78 is 13.3. The largest absolute Gasteiger partial charge is 0.392 e. The van der Waals surface area contributed by atoms with Gasteiger partial charge < -0.3 is 20.3 Å². The molecule has 190 valence electrons. The number of aliphatic hydroxyl groups excluding tert-OH is 1. The highest BCUT2D eigenvalue weighted by Crippen LogP contribution is 2.53. The summed E-state index contributed by atoms with van der Waals surface area (Å²) in [5.74, 6) is 0.204. The molecule has 3 aliphatic rings. The van der Waals surface area contributed by atoms with Gasteiger partial charge in [0.05, 0.1) is 18.8 Å². The Bertz CT molecular complexity index is 1010. The second-order valence-electron chi connectivity index (χ2n) is 12.4. The summed E-state index contributed by atoms with van der Waals surface area (Å²) in [6.07, 6.45) is 3.43. The van der Waals surface area contributed by atoms with E-state index in [0.717, 1.165) is 35.3 Å². The van der Waals surface area contributed by atoms with Crippen LogP contribution in [0.25, 0.3) is 0 Å². The minimum Gasteiger partial charge on any atom is -0.392 e. The van der Waals surface area contributed by atoms with Crippen molar-refractivity contribution in [2.45, 2.75) is 84.6 Å². The Morgan fingerprint density at radius 3 is 2.26 bits per heavy atom. The number of fused-ring (bicyclic) bond motifs is 2. The van der Waals surface area contributed by atoms with E-state index < -0.39 is 6.29 Å². The Balaban J connectivity index is 1.41. The molecule has 5 heteroatoms. The van der Waals surface area contributed by atoms with Crippen molar-refractivity contribution in [2.24, 2.45) is 22.5 Å². The van der Waals surface area contributed by atoms with Gasteiger partial charge in [0.2, 0.25) is 0 Å². The summed E-state index contributed by atoms with van der Waals surface area (Å²) in [6.45, 7) is 12.3. The first-order valence-electron chi connectivity index (χ1n) is 13.2. The third kappa shape index (κ3) is 5.21. The van der Waals surface area contributed by atoms with Gasteiger partial charge in [-0.2, -0.15) is 0 Å². The van der Waals surface area contributed by atoms with Crippen LogP contribution < -0.4 is 5.73 Å². The van der Waals surface area contributed by atoms with Crippen LogP contribution in [0.5, 0.6) is 0 Å². The fraction of sp³-hybridized carbons (Fsp3) is 0.600. The maximum absolute atomic E-state index is 9.49. The Hall–Kier alpha value is -1.76. The molecule has 2 saturated heterocycles. The third-order valence-corrected chi connectivity index (χ3v) is 8.55. The molecule has 1 aliphatic carbocycles. The highest BCUT2D eigenvalue weighted by molar-refractivity contribution is 5.27. The molecular formula is C30H42N2O3. The van der Waals surface area contributed by atoms with Gasteiger partial charge in [-0.15, -0.1) is 0 Å². The van der Waals surface area contributed by atoms with Crippen molar-refractivity contribution in [1.29, 1.82) is 0 Å². The molecule has 5 nitrogen and oxygen atoms in total. The van der Waals surface area contributed by atoms with Crippen molar-refractivity contribution < 1.29 is 14.6 Å². The lowest BCUT2D eigenvalue weighted by Gasteiger charge is -2.43. The minimum atomic E-state index is -0.417. The average molecular weight is 479 g/mol. The van der Waals surface area contributed by atoms with Crippen LogP contribution >= 0.6 is 0 Å². The zero-order valence-corrected chi connectivity index (χ0v) is 21.7. The van der Waals surface area contributed by atoms with Crippen molar-refractivity contribution in [3.05, 3.63) is 70.8 Å². The Kier molecular flexibility index (Phi) is 6.84. The van der Waals surface area contributed by atoms with Crippen molar-refractivity contribution in [3.63, 3.8) is 0 Å². The van der Waals surface area contributed by atoms with Crippen molar-refractivity contribution >= 4 is 0 Å². The molecule has 2 bridgehead atoms. The van der Waals surface area contributed by atoms with Gasteiger partial charge in [-0.1, -0.05) is 76.2 Å². The first-order chi connectivity index (χ1) is 16.7. The van der Waals surface area contributed by atoms with Crippen LogP contribution in [0, 0.1) is 16.7 Å². The third-order valence-electron chi connectivity index (χ3n) is 8.55. The van der Waals surface area contributed by atoms with E-state index >= 15 is 0 Å². The highest BCUT2D eigenvalue weighted by atomic mass is 16.7. The quantitative estimate of drug-likeness (QED) is 0.587. The second kappa shape index (κ2) is 9.60. The fourth-order valence-corrected chi connectivity index (χ4v) is 7.16. The van der Waals surface area contributed by atoms with Gasteiger partial charge in [-0.25, -0.2) is 0 Å². The molecule has 0 spiro atoms. The molecule has 2 aromatic carbocycles. The van der Waals surface area contributed by atoms with E-state index in [1.807, 2.05) is 12.1 Å². The number of benzene rings is 2. The monoisotopic (exact) mass is 478 g/mol. The number of rotatable bonds is 6. The summed E-state index contributed by atoms with van der Waals surface area (Å²) in [5.41, 5.74) is 10.8. The molecule has 3 fully saturated rings. The molecule has 3 N–H and O–H groups in total. The van der Waals surface area contributed by atoms with Gasteiger partial charge in [0.15, 0.2) is 6.29 Å². The Morgan fingerprint density at radius 2 is 1.60 bits per heavy atom. The second-order valence-corrected chi connectivity index (χ2v) is 12.4. The molecule has 2 aliphatic heterocycles. The summed E-state index contributed by atoms with van der Waals surface area (Å²) in [6, 6.07) is 17.1. The SMILES string of the molecule is C[C@@H]1[C@H](CN2CC3(C)CC2CC(C)(C)C3)O[C@H](c2ccc(CN)cc2)O[C@@H]1c1ccc(CO)cc1. The van der Waals surface area contributed by atoms with E-state index in [4.69, 9.17) is 15.2 Å². The standard InChI is InChI=1S/C30H42N2O3/c1-20-26(16-32-19-30(4)14-25(32)13-29(2,3)18-30)34-28(24-11-5-21(15-31)6-12-24)35-27(20)23-9-7-22(17-33)8-10-23/h5-12,20,25-28,33H,13-19,31H2,1-4H3/t20-,25?,26+,27+,28+,30?/m1/s1. The predicted octanol–water partition coefficient (Wildman–Crippen LogP) is 5.33. The molecule has 0 radical (unpaired) electrons. The molecule has 5 rings (SSSR count). The number of hydrogen-bond acceptors (Lipinski definition) is 5. The zero-order valence-electron chi connectivity index (χ0n) is 21.7. The zero-order chi connectivity index (χ0) is 24.8. The minimum absolute atomic E-state index is 0.0503. The average Bonchev–Trinajstić information content (AvgIpc) is 3.08. The summed E-state index contributed by atoms with van der Waals surface area (Å²) in [7, 11) is 0. The molecule has 0 aromatic heterocycles. The van der Waals surface area contributed by atoms with Gasteiger partial charge in [0.1, 0.15) is 0 Å². The van der Waals surface area contributed by atoms with Crippen molar-refractivity contribution in [3.8, 4) is 0 Å². The van der Waals surface area contributed by atoms with Gasteiger partial charge in [0.25, 0.3) is 0 Å². The number of aliphatic hydroxyl groups is 1. The maximum atomic E-state index is 9.49. The van der Waals surface area contributed by atoms with Crippen molar-refractivity contribution in [2.75, 3.05) is 13.1 Å². The van der Waals surface area contributed by atoms with Crippen LogP contribution in [0.2, 0.25) is 0 Å². The summed E-state index contributed by atoms with van der Waals surface area (Å²) in [4.78, 5) is 2.71. The van der Waals surface area contributed by atoms with E-state index in [2.05, 4.69) is 69.0 Å². The van der Waals surface area contributed by atoms with E-state index in [-0.39, 0.29) is 24.7 Å². The molecule has 2 heterocycles. The highest BCUT2D eigenvalue weighted by Gasteiger charge is 2.51. The van der Waals surface area contributed by atoms with Gasteiger partial charge in [0, 0.05) is 37.2 Å². The molecule has 0 amide bonds. The van der Waals surface area contributed by atoms with Gasteiger partial charge >= 0.3 is 0 Å². The number of likely N-dealkylation sites (tertiary alicyclic amines) is 1. The van der Waals surface area contributed by atoms with E-state index in [1.165, 1.54) is 19.3 Å². The van der Waals surface area contributed by atoms with Crippen LogP contribution in [0.3, 0.4) is 0 Å². The molecule has 2 aromatic rings.